The molecule has 0 saturated heterocycles. The van der Waals surface area contributed by atoms with Gasteiger partial charge < -0.3 is 15.3 Å². The first kappa shape index (κ1) is 16.9. The van der Waals surface area contributed by atoms with Crippen molar-refractivity contribution >= 4 is 12.0 Å². The monoisotopic (exact) mass is 293 g/mol. The molecule has 0 aliphatic carbocycles. The van der Waals surface area contributed by atoms with Crippen LogP contribution in [0.4, 0.5) is 4.79 Å². The molecule has 1 aromatic heterocycles. The van der Waals surface area contributed by atoms with Gasteiger partial charge in [0.25, 0.3) is 0 Å². The topological polar surface area (TPSA) is 82.5 Å². The molecule has 2 amide bonds. The number of hydrogen-bond acceptors (Lipinski definition) is 3. The Morgan fingerprint density at radius 2 is 1.90 bits per heavy atom. The number of amides is 2. The summed E-state index contributed by atoms with van der Waals surface area (Å²) in [4.78, 5) is 28.7. The van der Waals surface area contributed by atoms with Crippen molar-refractivity contribution in [3.8, 4) is 0 Å². The quantitative estimate of drug-likeness (QED) is 0.866. The van der Waals surface area contributed by atoms with E-state index in [2.05, 4.69) is 10.3 Å². The molecule has 0 fully saturated rings. The Labute approximate surface area is 125 Å². The Hall–Kier alpha value is -2.11. The van der Waals surface area contributed by atoms with Crippen LogP contribution in [0.15, 0.2) is 24.5 Å². The molecule has 0 aromatic carbocycles. The first-order valence-corrected chi connectivity index (χ1v) is 6.85. The molecule has 0 radical (unpaired) electrons. The van der Waals surface area contributed by atoms with Crippen LogP contribution in [0.2, 0.25) is 0 Å². The van der Waals surface area contributed by atoms with Crippen molar-refractivity contribution in [2.75, 3.05) is 13.6 Å². The average Bonchev–Trinajstić information content (AvgIpc) is 2.41. The first-order valence-electron chi connectivity index (χ1n) is 6.85. The highest BCUT2D eigenvalue weighted by molar-refractivity contribution is 5.83. The third kappa shape index (κ3) is 5.41. The minimum Gasteiger partial charge on any atom is -0.480 e. The van der Waals surface area contributed by atoms with Gasteiger partial charge in [0.15, 0.2) is 0 Å². The summed E-state index contributed by atoms with van der Waals surface area (Å²) in [6.45, 7) is 5.85. The lowest BCUT2D eigenvalue weighted by Crippen LogP contribution is -2.52. The molecule has 6 nitrogen and oxygen atoms in total. The Morgan fingerprint density at radius 3 is 2.38 bits per heavy atom. The number of rotatable bonds is 5. The maximum Gasteiger partial charge on any atom is 0.326 e. The predicted octanol–water partition coefficient (Wildman–Crippen LogP) is 1.76. The van der Waals surface area contributed by atoms with E-state index in [0.717, 1.165) is 5.56 Å². The van der Waals surface area contributed by atoms with E-state index >= 15 is 0 Å². The third-order valence-electron chi connectivity index (χ3n) is 3.21. The zero-order chi connectivity index (χ0) is 16.0. The van der Waals surface area contributed by atoms with E-state index < -0.39 is 17.4 Å². The zero-order valence-electron chi connectivity index (χ0n) is 13.0. The van der Waals surface area contributed by atoms with Crippen molar-refractivity contribution in [2.24, 2.45) is 5.41 Å². The number of carbonyl (C=O) groups is 2. The van der Waals surface area contributed by atoms with Gasteiger partial charge in [-0.3, -0.25) is 4.98 Å². The summed E-state index contributed by atoms with van der Waals surface area (Å²) in [5.41, 5.74) is 0.531. The number of nitrogens with one attached hydrogen (secondary N) is 1. The third-order valence-corrected chi connectivity index (χ3v) is 3.21. The number of pyridine rings is 1. The summed E-state index contributed by atoms with van der Waals surface area (Å²) >= 11 is 0. The van der Waals surface area contributed by atoms with E-state index in [0.29, 0.717) is 13.0 Å². The van der Waals surface area contributed by atoms with E-state index in [-0.39, 0.29) is 6.03 Å². The molecule has 0 aliphatic rings. The molecule has 1 heterocycles. The van der Waals surface area contributed by atoms with Gasteiger partial charge in [-0.25, -0.2) is 9.59 Å². The molecule has 0 saturated carbocycles. The number of aliphatic carboxylic acids is 1. The van der Waals surface area contributed by atoms with E-state index in [1.165, 1.54) is 4.90 Å². The Kier molecular flexibility index (Phi) is 5.69. The maximum absolute atomic E-state index is 12.1. The minimum atomic E-state index is -1.03. The highest BCUT2D eigenvalue weighted by Gasteiger charge is 2.33. The SMILES string of the molecule is CN(CCc1ccncc1)C(=O)N[C@H](C(=O)O)C(C)(C)C. The molecule has 0 unspecified atom stereocenters. The van der Waals surface area contributed by atoms with Gasteiger partial charge in [-0.2, -0.15) is 0 Å². The van der Waals surface area contributed by atoms with Crippen LogP contribution < -0.4 is 5.32 Å². The standard InChI is InChI=1S/C15H23N3O3/c1-15(2,3)12(13(19)20)17-14(21)18(4)10-7-11-5-8-16-9-6-11/h5-6,8-9,12H,7,10H2,1-4H3,(H,17,21)(H,19,20)/t12-/m1/s1. The summed E-state index contributed by atoms with van der Waals surface area (Å²) in [5, 5.41) is 11.8. The molecule has 1 atom stereocenters. The van der Waals surface area contributed by atoms with E-state index in [9.17, 15) is 14.7 Å². The maximum atomic E-state index is 12.1. The number of carboxylic acids is 1. The molecule has 0 aliphatic heterocycles. The highest BCUT2D eigenvalue weighted by Crippen LogP contribution is 2.19. The fraction of sp³-hybridized carbons (Fsp3) is 0.533. The largest absolute Gasteiger partial charge is 0.480 e. The average molecular weight is 293 g/mol. The molecule has 0 spiro atoms. The van der Waals surface area contributed by atoms with Crippen LogP contribution in [0.5, 0.6) is 0 Å². The van der Waals surface area contributed by atoms with Crippen LogP contribution in [-0.2, 0) is 11.2 Å². The van der Waals surface area contributed by atoms with E-state index in [4.69, 9.17) is 0 Å². The van der Waals surface area contributed by atoms with Crippen molar-refractivity contribution in [1.29, 1.82) is 0 Å². The molecule has 2 N–H and O–H groups in total. The van der Waals surface area contributed by atoms with Crippen LogP contribution in [0.3, 0.4) is 0 Å². The fourth-order valence-electron chi connectivity index (χ4n) is 1.83. The van der Waals surface area contributed by atoms with Gasteiger partial charge in [-0.1, -0.05) is 20.8 Å². The van der Waals surface area contributed by atoms with Gasteiger partial charge in [-0.15, -0.1) is 0 Å². The number of aromatic nitrogens is 1. The second kappa shape index (κ2) is 7.06. The van der Waals surface area contributed by atoms with Crippen molar-refractivity contribution in [3.05, 3.63) is 30.1 Å². The smallest absolute Gasteiger partial charge is 0.326 e. The van der Waals surface area contributed by atoms with E-state index in [1.54, 1.807) is 40.2 Å². The lowest BCUT2D eigenvalue weighted by Gasteiger charge is -2.29. The van der Waals surface area contributed by atoms with Gasteiger partial charge >= 0.3 is 12.0 Å². The lowest BCUT2D eigenvalue weighted by atomic mass is 9.87. The fourth-order valence-corrected chi connectivity index (χ4v) is 1.83. The molecule has 6 heteroatoms. The molecule has 0 bridgehead atoms. The van der Waals surface area contributed by atoms with E-state index in [1.807, 2.05) is 12.1 Å². The van der Waals surface area contributed by atoms with Gasteiger partial charge in [0.1, 0.15) is 6.04 Å². The summed E-state index contributed by atoms with van der Waals surface area (Å²) in [6, 6.07) is 2.47. The summed E-state index contributed by atoms with van der Waals surface area (Å²) in [7, 11) is 1.65. The predicted molar refractivity (Wildman–Crippen MR) is 80.0 cm³/mol. The lowest BCUT2D eigenvalue weighted by molar-refractivity contribution is -0.142. The molecular formula is C15H23N3O3. The second-order valence-electron chi connectivity index (χ2n) is 6.11. The molecule has 1 aromatic rings. The van der Waals surface area contributed by atoms with Gasteiger partial charge in [0, 0.05) is 26.0 Å². The Balaban J connectivity index is 2.56. The molecule has 1 rings (SSSR count). The summed E-state index contributed by atoms with van der Waals surface area (Å²) in [6.07, 6.45) is 4.10. The van der Waals surface area contributed by atoms with Crippen molar-refractivity contribution in [3.63, 3.8) is 0 Å². The number of carbonyl (C=O) groups excluding carboxylic acids is 1. The van der Waals surface area contributed by atoms with Gasteiger partial charge in [-0.05, 0) is 29.5 Å². The van der Waals surface area contributed by atoms with Crippen LogP contribution >= 0.6 is 0 Å². The number of carboxylic acid groups (broad SMARTS) is 1. The number of nitrogens with zero attached hydrogens (tertiary/aromatic N) is 2. The first-order chi connectivity index (χ1) is 9.71. The normalized spacial score (nSPS) is 12.6. The van der Waals surface area contributed by atoms with Crippen molar-refractivity contribution in [2.45, 2.75) is 33.2 Å². The zero-order valence-corrected chi connectivity index (χ0v) is 13.0. The Morgan fingerprint density at radius 1 is 1.33 bits per heavy atom. The molecular weight excluding hydrogens is 270 g/mol. The van der Waals surface area contributed by atoms with Gasteiger partial charge in [0.05, 0.1) is 0 Å². The Bertz CT molecular complexity index is 483. The van der Waals surface area contributed by atoms with Crippen LogP contribution in [0.1, 0.15) is 26.3 Å². The van der Waals surface area contributed by atoms with Gasteiger partial charge in [0.2, 0.25) is 0 Å². The second-order valence-corrected chi connectivity index (χ2v) is 6.11. The summed E-state index contributed by atoms with van der Waals surface area (Å²) in [5.74, 6) is -1.03. The van der Waals surface area contributed by atoms with Crippen molar-refractivity contribution < 1.29 is 14.7 Å². The molecule has 116 valence electrons. The van der Waals surface area contributed by atoms with Crippen molar-refractivity contribution in [1.82, 2.24) is 15.2 Å². The van der Waals surface area contributed by atoms with Crippen LogP contribution in [0, 0.1) is 5.41 Å². The summed E-state index contributed by atoms with van der Waals surface area (Å²) < 4.78 is 0. The van der Waals surface area contributed by atoms with Crippen LogP contribution in [-0.4, -0.2) is 46.6 Å². The number of likely N-dealkylation sites (N-methyl/N-ethyl adjacent to an activating group) is 1. The number of urea groups is 1. The minimum absolute atomic E-state index is 0.383. The number of hydrogen-bond donors (Lipinski definition) is 2. The molecule has 21 heavy (non-hydrogen) atoms. The van der Waals surface area contributed by atoms with Crippen LogP contribution in [0.25, 0.3) is 0 Å². The highest BCUT2D eigenvalue weighted by atomic mass is 16.4.